The molecule has 0 bridgehead atoms. The molecule has 0 spiro atoms. The molecule has 1 atom stereocenters. The van der Waals surface area contributed by atoms with Crippen LogP contribution < -0.4 is 4.90 Å². The van der Waals surface area contributed by atoms with E-state index in [9.17, 15) is 0 Å². The largest absolute Gasteiger partial charge is 0.392 e. The van der Waals surface area contributed by atoms with Gasteiger partial charge in [-0.15, -0.1) is 0 Å². The predicted molar refractivity (Wildman–Crippen MR) is 78.4 cm³/mol. The third kappa shape index (κ3) is 2.93. The molecule has 2 heterocycles. The van der Waals surface area contributed by atoms with Crippen LogP contribution in [0.4, 0.5) is 5.69 Å². The first-order chi connectivity index (χ1) is 9.36. The highest BCUT2D eigenvalue weighted by atomic mass is 16.3. The third-order valence-electron chi connectivity index (χ3n) is 4.55. The lowest BCUT2D eigenvalue weighted by molar-refractivity contribution is 0.175. The summed E-state index contributed by atoms with van der Waals surface area (Å²) < 4.78 is 0. The first kappa shape index (κ1) is 12.9. The molecular formula is C16H24N2O. The Hall–Kier alpha value is -1.06. The molecule has 0 aliphatic carbocycles. The number of likely N-dealkylation sites (tertiary alicyclic amines) is 1. The number of aliphatic hydroxyl groups is 1. The summed E-state index contributed by atoms with van der Waals surface area (Å²) in [7, 11) is 0. The van der Waals surface area contributed by atoms with Crippen LogP contribution in [0.5, 0.6) is 0 Å². The summed E-state index contributed by atoms with van der Waals surface area (Å²) >= 11 is 0. The van der Waals surface area contributed by atoms with Crippen molar-refractivity contribution < 1.29 is 5.11 Å². The second-order valence-electron chi connectivity index (χ2n) is 5.81. The van der Waals surface area contributed by atoms with E-state index in [0.717, 1.165) is 11.6 Å². The van der Waals surface area contributed by atoms with Gasteiger partial charge in [0.25, 0.3) is 0 Å². The molecule has 3 heteroatoms. The lowest BCUT2D eigenvalue weighted by atomic mass is 10.1. The summed E-state index contributed by atoms with van der Waals surface area (Å²) in [6.07, 6.45) is 5.46. The summed E-state index contributed by atoms with van der Waals surface area (Å²) in [4.78, 5) is 5.17. The average molecular weight is 260 g/mol. The van der Waals surface area contributed by atoms with Crippen molar-refractivity contribution in [2.75, 3.05) is 31.1 Å². The van der Waals surface area contributed by atoms with Gasteiger partial charge in [0.05, 0.1) is 6.61 Å². The number of aliphatic hydroxyl groups excluding tert-OH is 1. The van der Waals surface area contributed by atoms with Crippen molar-refractivity contribution in [3.05, 3.63) is 29.8 Å². The van der Waals surface area contributed by atoms with E-state index >= 15 is 0 Å². The predicted octanol–water partition coefficient (Wildman–Crippen LogP) is 2.24. The minimum atomic E-state index is 0.136. The first-order valence-electron chi connectivity index (χ1n) is 7.55. The highest BCUT2D eigenvalue weighted by Gasteiger charge is 2.28. The van der Waals surface area contributed by atoms with Gasteiger partial charge in [-0.3, -0.25) is 4.90 Å². The molecule has 19 heavy (non-hydrogen) atoms. The van der Waals surface area contributed by atoms with Gasteiger partial charge in [-0.05, 0) is 50.0 Å². The van der Waals surface area contributed by atoms with Crippen LogP contribution in [-0.4, -0.2) is 42.2 Å². The highest BCUT2D eigenvalue weighted by Crippen LogP contribution is 2.25. The molecule has 0 saturated carbocycles. The standard InChI is InChI=1S/C16H24N2O/c19-13-14-4-6-15(7-5-14)18-11-8-16(12-18)17-9-2-1-3-10-17/h4-7,16,19H,1-3,8-13H2. The fourth-order valence-corrected chi connectivity index (χ4v) is 3.37. The molecule has 0 radical (unpaired) electrons. The van der Waals surface area contributed by atoms with Crippen LogP contribution in [0.1, 0.15) is 31.2 Å². The molecule has 2 saturated heterocycles. The van der Waals surface area contributed by atoms with Crippen LogP contribution in [0.2, 0.25) is 0 Å². The van der Waals surface area contributed by atoms with Gasteiger partial charge in [0.1, 0.15) is 0 Å². The zero-order valence-corrected chi connectivity index (χ0v) is 11.6. The monoisotopic (exact) mass is 260 g/mol. The van der Waals surface area contributed by atoms with E-state index in [1.54, 1.807) is 0 Å². The summed E-state index contributed by atoms with van der Waals surface area (Å²) in [6, 6.07) is 9.10. The van der Waals surface area contributed by atoms with Gasteiger partial charge >= 0.3 is 0 Å². The van der Waals surface area contributed by atoms with E-state index in [-0.39, 0.29) is 6.61 Å². The Labute approximate surface area is 115 Å². The number of nitrogens with zero attached hydrogens (tertiary/aromatic N) is 2. The molecule has 3 nitrogen and oxygen atoms in total. The zero-order valence-electron chi connectivity index (χ0n) is 11.6. The quantitative estimate of drug-likeness (QED) is 0.903. The summed E-state index contributed by atoms with van der Waals surface area (Å²) in [5.41, 5.74) is 2.30. The maximum absolute atomic E-state index is 9.09. The molecule has 1 aromatic carbocycles. The molecule has 3 rings (SSSR count). The van der Waals surface area contributed by atoms with Crippen molar-refractivity contribution in [1.82, 2.24) is 4.90 Å². The Kier molecular flexibility index (Phi) is 4.04. The smallest absolute Gasteiger partial charge is 0.0681 e. The average Bonchev–Trinajstić information content (AvgIpc) is 2.98. The van der Waals surface area contributed by atoms with Crippen molar-refractivity contribution in [2.45, 2.75) is 38.3 Å². The van der Waals surface area contributed by atoms with Gasteiger partial charge in [-0.1, -0.05) is 18.6 Å². The van der Waals surface area contributed by atoms with Crippen LogP contribution in [-0.2, 0) is 6.61 Å². The lowest BCUT2D eigenvalue weighted by Crippen LogP contribution is -2.40. The van der Waals surface area contributed by atoms with Crippen molar-refractivity contribution in [3.63, 3.8) is 0 Å². The number of anilines is 1. The molecule has 2 fully saturated rings. The van der Waals surface area contributed by atoms with Crippen LogP contribution >= 0.6 is 0 Å². The Balaban J connectivity index is 1.61. The van der Waals surface area contributed by atoms with Gasteiger partial charge < -0.3 is 10.0 Å². The molecule has 104 valence electrons. The highest BCUT2D eigenvalue weighted by molar-refractivity contribution is 5.48. The molecule has 0 aromatic heterocycles. The van der Waals surface area contributed by atoms with Gasteiger partial charge in [-0.25, -0.2) is 0 Å². The minimum absolute atomic E-state index is 0.136. The lowest BCUT2D eigenvalue weighted by Gasteiger charge is -2.32. The van der Waals surface area contributed by atoms with Crippen molar-refractivity contribution in [3.8, 4) is 0 Å². The Bertz CT molecular complexity index is 398. The number of hydrogen-bond acceptors (Lipinski definition) is 3. The molecular weight excluding hydrogens is 236 g/mol. The second-order valence-corrected chi connectivity index (χ2v) is 5.81. The number of piperidine rings is 1. The van der Waals surface area contributed by atoms with Crippen molar-refractivity contribution in [2.24, 2.45) is 0 Å². The van der Waals surface area contributed by atoms with E-state index in [2.05, 4.69) is 21.9 Å². The topological polar surface area (TPSA) is 26.7 Å². The molecule has 0 amide bonds. The van der Waals surface area contributed by atoms with Crippen LogP contribution in [0.25, 0.3) is 0 Å². The Morgan fingerprint density at radius 3 is 2.42 bits per heavy atom. The van der Waals surface area contributed by atoms with Gasteiger partial charge in [-0.2, -0.15) is 0 Å². The van der Waals surface area contributed by atoms with E-state index in [1.807, 2.05) is 12.1 Å². The Morgan fingerprint density at radius 1 is 1.00 bits per heavy atom. The summed E-state index contributed by atoms with van der Waals surface area (Å²) in [6.45, 7) is 5.05. The fourth-order valence-electron chi connectivity index (χ4n) is 3.37. The number of hydrogen-bond donors (Lipinski definition) is 1. The van der Waals surface area contributed by atoms with Crippen LogP contribution in [0.15, 0.2) is 24.3 Å². The van der Waals surface area contributed by atoms with Crippen molar-refractivity contribution in [1.29, 1.82) is 0 Å². The van der Waals surface area contributed by atoms with Crippen LogP contribution in [0.3, 0.4) is 0 Å². The van der Waals surface area contributed by atoms with E-state index in [4.69, 9.17) is 5.11 Å². The maximum Gasteiger partial charge on any atom is 0.0681 e. The van der Waals surface area contributed by atoms with E-state index in [1.165, 1.54) is 57.5 Å². The van der Waals surface area contributed by atoms with Gasteiger partial charge in [0.15, 0.2) is 0 Å². The van der Waals surface area contributed by atoms with Gasteiger partial charge in [0, 0.05) is 24.8 Å². The van der Waals surface area contributed by atoms with E-state index in [0.29, 0.717) is 0 Å². The molecule has 1 aromatic rings. The molecule has 2 aliphatic rings. The first-order valence-corrected chi connectivity index (χ1v) is 7.55. The summed E-state index contributed by atoms with van der Waals surface area (Å²) in [5.74, 6) is 0. The van der Waals surface area contributed by atoms with E-state index < -0.39 is 0 Å². The third-order valence-corrected chi connectivity index (χ3v) is 4.55. The molecule has 1 N–H and O–H groups in total. The normalized spacial score (nSPS) is 24.9. The molecule has 1 unspecified atom stereocenters. The number of benzene rings is 1. The SMILES string of the molecule is OCc1ccc(N2CCC(N3CCCCC3)C2)cc1. The van der Waals surface area contributed by atoms with Gasteiger partial charge in [0.2, 0.25) is 0 Å². The van der Waals surface area contributed by atoms with Crippen molar-refractivity contribution >= 4 is 5.69 Å². The maximum atomic E-state index is 9.09. The second kappa shape index (κ2) is 5.93. The minimum Gasteiger partial charge on any atom is -0.392 e. The zero-order chi connectivity index (χ0) is 13.1. The van der Waals surface area contributed by atoms with Crippen LogP contribution in [0, 0.1) is 0 Å². The Morgan fingerprint density at radius 2 is 1.74 bits per heavy atom. The number of rotatable bonds is 3. The fraction of sp³-hybridized carbons (Fsp3) is 0.625. The molecule has 2 aliphatic heterocycles. The summed E-state index contributed by atoms with van der Waals surface area (Å²) in [5, 5.41) is 9.09.